The van der Waals surface area contributed by atoms with E-state index in [0.29, 0.717) is 0 Å². The normalized spacial score (nSPS) is 14.2. The third-order valence-electron chi connectivity index (χ3n) is 4.95. The molecule has 111 valence electrons. The summed E-state index contributed by atoms with van der Waals surface area (Å²) in [7, 11) is 1.15. The smallest absolute Gasteiger partial charge is 0.326 e. The summed E-state index contributed by atoms with van der Waals surface area (Å²) in [6, 6.07) is 23.3. The predicted molar refractivity (Wildman–Crippen MR) is 97.0 cm³/mol. The van der Waals surface area contributed by atoms with Crippen LogP contribution in [0.3, 0.4) is 0 Å². The standard InChI is InChI=1S/C21H18BO/c1-21(2)19-9-4-3-8-17(19)18-11-10-15(13-20(18)21)14-6-5-7-16(12-14)22-23/h3-13,23H,1-2H3. The summed E-state index contributed by atoms with van der Waals surface area (Å²) < 4.78 is 0. The minimum atomic E-state index is 0.0165. The van der Waals surface area contributed by atoms with Crippen molar-refractivity contribution >= 4 is 12.9 Å². The molecule has 23 heavy (non-hydrogen) atoms. The molecule has 0 amide bonds. The molecule has 0 bridgehead atoms. The second kappa shape index (κ2) is 5.11. The van der Waals surface area contributed by atoms with E-state index in [9.17, 15) is 5.02 Å². The number of benzene rings is 3. The van der Waals surface area contributed by atoms with E-state index in [1.807, 2.05) is 18.2 Å². The van der Waals surface area contributed by atoms with Crippen LogP contribution in [0.15, 0.2) is 66.7 Å². The number of hydrogen-bond acceptors (Lipinski definition) is 1. The van der Waals surface area contributed by atoms with Crippen molar-refractivity contribution in [2.45, 2.75) is 19.3 Å². The van der Waals surface area contributed by atoms with E-state index >= 15 is 0 Å². The largest absolute Gasteiger partial charge is 0.450 e. The quantitative estimate of drug-likeness (QED) is 0.711. The average molecular weight is 297 g/mol. The molecule has 1 N–H and O–H groups in total. The molecule has 1 radical (unpaired) electrons. The highest BCUT2D eigenvalue weighted by molar-refractivity contribution is 6.45. The van der Waals surface area contributed by atoms with Crippen LogP contribution in [-0.2, 0) is 5.41 Å². The molecule has 1 aliphatic carbocycles. The number of hydrogen-bond donors (Lipinski definition) is 1. The number of rotatable bonds is 2. The van der Waals surface area contributed by atoms with Crippen LogP contribution >= 0.6 is 0 Å². The predicted octanol–water partition coefficient (Wildman–Crippen LogP) is 3.90. The maximum atomic E-state index is 9.24. The van der Waals surface area contributed by atoms with E-state index in [0.717, 1.165) is 18.5 Å². The SMILES string of the molecule is CC1(C)c2ccccc2-c2ccc(-c3cccc([B]O)c3)cc21. The Hall–Kier alpha value is -2.32. The van der Waals surface area contributed by atoms with E-state index in [1.165, 1.54) is 27.8 Å². The van der Waals surface area contributed by atoms with Gasteiger partial charge >= 0.3 is 7.48 Å². The average Bonchev–Trinajstić information content (AvgIpc) is 2.83. The van der Waals surface area contributed by atoms with Crippen LogP contribution in [-0.4, -0.2) is 12.5 Å². The second-order valence-electron chi connectivity index (χ2n) is 6.69. The Balaban J connectivity index is 1.89. The van der Waals surface area contributed by atoms with Gasteiger partial charge in [-0.05, 0) is 39.4 Å². The zero-order valence-corrected chi connectivity index (χ0v) is 13.4. The molecule has 4 rings (SSSR count). The Morgan fingerprint density at radius 3 is 2.30 bits per heavy atom. The molecular formula is C21H18BO. The monoisotopic (exact) mass is 297 g/mol. The molecule has 0 saturated carbocycles. The van der Waals surface area contributed by atoms with Crippen LogP contribution in [0, 0.1) is 0 Å². The van der Waals surface area contributed by atoms with Crippen molar-refractivity contribution in [1.82, 2.24) is 0 Å². The highest BCUT2D eigenvalue weighted by atomic mass is 16.2. The molecule has 2 heteroatoms. The van der Waals surface area contributed by atoms with Crippen molar-refractivity contribution in [2.75, 3.05) is 0 Å². The van der Waals surface area contributed by atoms with Gasteiger partial charge in [-0.25, -0.2) is 0 Å². The Morgan fingerprint density at radius 2 is 1.48 bits per heavy atom. The topological polar surface area (TPSA) is 20.2 Å². The Kier molecular flexibility index (Phi) is 3.17. The molecular weight excluding hydrogens is 279 g/mol. The van der Waals surface area contributed by atoms with Crippen LogP contribution in [0.4, 0.5) is 0 Å². The summed E-state index contributed by atoms with van der Waals surface area (Å²) in [6.07, 6.45) is 0. The Morgan fingerprint density at radius 1 is 0.739 bits per heavy atom. The first-order valence-electron chi connectivity index (χ1n) is 7.93. The highest BCUT2D eigenvalue weighted by Gasteiger charge is 2.35. The van der Waals surface area contributed by atoms with E-state index < -0.39 is 0 Å². The number of fused-ring (bicyclic) bond motifs is 3. The molecule has 3 aromatic carbocycles. The van der Waals surface area contributed by atoms with Gasteiger partial charge in [0.15, 0.2) is 0 Å². The molecule has 0 spiro atoms. The molecule has 0 aromatic heterocycles. The van der Waals surface area contributed by atoms with Gasteiger partial charge in [0.2, 0.25) is 0 Å². The third-order valence-corrected chi connectivity index (χ3v) is 4.95. The molecule has 0 heterocycles. The molecule has 0 saturated heterocycles. The van der Waals surface area contributed by atoms with Crippen molar-refractivity contribution in [3.8, 4) is 22.3 Å². The first-order chi connectivity index (χ1) is 11.1. The van der Waals surface area contributed by atoms with Crippen molar-refractivity contribution in [1.29, 1.82) is 0 Å². The van der Waals surface area contributed by atoms with Crippen LogP contribution in [0.2, 0.25) is 0 Å². The van der Waals surface area contributed by atoms with Gasteiger partial charge in [-0.2, -0.15) is 0 Å². The summed E-state index contributed by atoms with van der Waals surface area (Å²) >= 11 is 0. The summed E-state index contributed by atoms with van der Waals surface area (Å²) in [6.45, 7) is 4.58. The molecule has 3 aromatic rings. The molecule has 0 unspecified atom stereocenters. The molecule has 0 atom stereocenters. The fourth-order valence-electron chi connectivity index (χ4n) is 3.68. The molecule has 0 fully saturated rings. The van der Waals surface area contributed by atoms with Crippen LogP contribution in [0.1, 0.15) is 25.0 Å². The minimum Gasteiger partial charge on any atom is -0.450 e. The van der Waals surface area contributed by atoms with E-state index in [-0.39, 0.29) is 5.41 Å². The van der Waals surface area contributed by atoms with Gasteiger partial charge in [-0.15, -0.1) is 0 Å². The zero-order valence-electron chi connectivity index (χ0n) is 13.4. The van der Waals surface area contributed by atoms with Gasteiger partial charge in [-0.1, -0.05) is 80.0 Å². The Bertz CT molecular complexity index is 896. The fourth-order valence-corrected chi connectivity index (χ4v) is 3.68. The van der Waals surface area contributed by atoms with Gasteiger partial charge in [0, 0.05) is 5.41 Å². The van der Waals surface area contributed by atoms with Gasteiger partial charge in [0.25, 0.3) is 0 Å². The summed E-state index contributed by atoms with van der Waals surface area (Å²) in [4.78, 5) is 0. The molecule has 0 aliphatic heterocycles. The van der Waals surface area contributed by atoms with Gasteiger partial charge in [-0.3, -0.25) is 0 Å². The van der Waals surface area contributed by atoms with E-state index in [2.05, 4.69) is 62.4 Å². The Labute approximate surface area is 137 Å². The van der Waals surface area contributed by atoms with Gasteiger partial charge in [0.05, 0.1) is 0 Å². The first kappa shape index (κ1) is 14.3. The lowest BCUT2D eigenvalue weighted by Crippen LogP contribution is -2.15. The maximum Gasteiger partial charge on any atom is 0.326 e. The van der Waals surface area contributed by atoms with E-state index in [4.69, 9.17) is 0 Å². The first-order valence-corrected chi connectivity index (χ1v) is 7.93. The lowest BCUT2D eigenvalue weighted by Gasteiger charge is -2.22. The van der Waals surface area contributed by atoms with Gasteiger partial charge in [0.1, 0.15) is 0 Å². The lowest BCUT2D eigenvalue weighted by atomic mass is 9.81. The van der Waals surface area contributed by atoms with Crippen LogP contribution < -0.4 is 5.46 Å². The second-order valence-corrected chi connectivity index (χ2v) is 6.69. The van der Waals surface area contributed by atoms with Crippen molar-refractivity contribution in [3.05, 3.63) is 77.9 Å². The third kappa shape index (κ3) is 2.14. The highest BCUT2D eigenvalue weighted by Crippen LogP contribution is 2.49. The molecule has 1 nitrogen and oxygen atoms in total. The van der Waals surface area contributed by atoms with Crippen molar-refractivity contribution < 1.29 is 5.02 Å². The van der Waals surface area contributed by atoms with Crippen LogP contribution in [0.25, 0.3) is 22.3 Å². The lowest BCUT2D eigenvalue weighted by molar-refractivity contribution is 0.615. The van der Waals surface area contributed by atoms with E-state index in [1.54, 1.807) is 0 Å². The van der Waals surface area contributed by atoms with Crippen molar-refractivity contribution in [3.63, 3.8) is 0 Å². The maximum absolute atomic E-state index is 9.24. The van der Waals surface area contributed by atoms with Gasteiger partial charge < -0.3 is 5.02 Å². The fraction of sp³-hybridized carbons (Fsp3) is 0.143. The van der Waals surface area contributed by atoms with Crippen molar-refractivity contribution in [2.24, 2.45) is 0 Å². The summed E-state index contributed by atoms with van der Waals surface area (Å²) in [5.41, 5.74) is 8.60. The summed E-state index contributed by atoms with van der Waals surface area (Å²) in [5.74, 6) is 0. The molecule has 1 aliphatic rings. The minimum absolute atomic E-state index is 0.0165. The summed E-state index contributed by atoms with van der Waals surface area (Å²) in [5, 5.41) is 9.24. The zero-order chi connectivity index (χ0) is 16.0. The van der Waals surface area contributed by atoms with Crippen LogP contribution in [0.5, 0.6) is 0 Å².